The molecule has 0 aromatic heterocycles. The Balaban J connectivity index is 2.41. The van der Waals surface area contributed by atoms with Crippen LogP contribution in [-0.4, -0.2) is 11.9 Å². The predicted molar refractivity (Wildman–Crippen MR) is 62.0 cm³/mol. The van der Waals surface area contributed by atoms with Gasteiger partial charge in [0.15, 0.2) is 0 Å². The first-order chi connectivity index (χ1) is 7.24. The van der Waals surface area contributed by atoms with Crippen molar-refractivity contribution in [3.8, 4) is 0 Å². The summed E-state index contributed by atoms with van der Waals surface area (Å²) in [5, 5.41) is 0. The van der Waals surface area contributed by atoms with E-state index in [0.717, 1.165) is 18.5 Å². The van der Waals surface area contributed by atoms with Gasteiger partial charge in [-0.2, -0.15) is 0 Å². The molecule has 0 spiro atoms. The van der Waals surface area contributed by atoms with Crippen LogP contribution in [0.2, 0.25) is 0 Å². The van der Waals surface area contributed by atoms with E-state index >= 15 is 0 Å². The second-order valence-electron chi connectivity index (χ2n) is 4.13. The van der Waals surface area contributed by atoms with Crippen molar-refractivity contribution in [1.29, 1.82) is 0 Å². The second kappa shape index (κ2) is 4.05. The normalized spacial score (nSPS) is 19.9. The Morgan fingerprint density at radius 3 is 2.93 bits per heavy atom. The fourth-order valence-electron chi connectivity index (χ4n) is 2.24. The smallest absolute Gasteiger partial charge is 0.226 e. The van der Waals surface area contributed by atoms with Gasteiger partial charge in [0.25, 0.3) is 0 Å². The van der Waals surface area contributed by atoms with Crippen LogP contribution < -0.4 is 4.90 Å². The molecule has 0 N–H and O–H groups in total. The van der Waals surface area contributed by atoms with Gasteiger partial charge in [0, 0.05) is 18.2 Å². The van der Waals surface area contributed by atoms with Gasteiger partial charge in [0.05, 0.1) is 0 Å². The number of amides is 1. The van der Waals surface area contributed by atoms with Gasteiger partial charge in [0.1, 0.15) is 0 Å². The average Bonchev–Trinajstić information content (AvgIpc) is 2.28. The number of hydrogen-bond donors (Lipinski definition) is 0. The summed E-state index contributed by atoms with van der Waals surface area (Å²) in [7, 11) is 0. The van der Waals surface area contributed by atoms with Crippen LogP contribution in [0.15, 0.2) is 24.3 Å². The number of carbonyl (C=O) groups excluding carboxylic acids is 1. The first-order valence-electron chi connectivity index (χ1n) is 5.64. The summed E-state index contributed by atoms with van der Waals surface area (Å²) in [6.07, 6.45) is 2.74. The van der Waals surface area contributed by atoms with Gasteiger partial charge in [-0.25, -0.2) is 0 Å². The molecule has 1 aromatic rings. The monoisotopic (exact) mass is 203 g/mol. The number of rotatable bonds is 1. The molecule has 2 nitrogen and oxygen atoms in total. The minimum Gasteiger partial charge on any atom is -0.309 e. The van der Waals surface area contributed by atoms with Crippen molar-refractivity contribution in [2.45, 2.75) is 39.2 Å². The zero-order valence-electron chi connectivity index (χ0n) is 9.36. The molecule has 0 aliphatic carbocycles. The number of fused-ring (bicyclic) bond motifs is 1. The van der Waals surface area contributed by atoms with E-state index in [1.807, 2.05) is 24.0 Å². The number of hydrogen-bond acceptors (Lipinski definition) is 1. The molecule has 0 bridgehead atoms. The van der Waals surface area contributed by atoms with E-state index < -0.39 is 0 Å². The van der Waals surface area contributed by atoms with Gasteiger partial charge in [0.2, 0.25) is 5.91 Å². The highest BCUT2D eigenvalue weighted by Crippen LogP contribution is 2.30. The molecule has 0 radical (unpaired) electrons. The van der Waals surface area contributed by atoms with E-state index in [1.165, 1.54) is 5.56 Å². The zero-order chi connectivity index (χ0) is 10.8. The SMILES string of the molecule is CCC(=O)N1c2ccccc2CCC1C. The van der Waals surface area contributed by atoms with E-state index in [-0.39, 0.29) is 5.91 Å². The van der Waals surface area contributed by atoms with E-state index in [4.69, 9.17) is 0 Å². The predicted octanol–water partition coefficient (Wildman–Crippen LogP) is 2.76. The maximum absolute atomic E-state index is 11.9. The molecule has 0 saturated heterocycles. The van der Waals surface area contributed by atoms with Crippen LogP contribution in [0.1, 0.15) is 32.3 Å². The number of benzene rings is 1. The molecule has 1 aliphatic rings. The van der Waals surface area contributed by atoms with E-state index in [2.05, 4.69) is 19.1 Å². The summed E-state index contributed by atoms with van der Waals surface area (Å²) >= 11 is 0. The summed E-state index contributed by atoms with van der Waals surface area (Å²) in [6.45, 7) is 4.05. The van der Waals surface area contributed by atoms with Gasteiger partial charge >= 0.3 is 0 Å². The maximum atomic E-state index is 11.9. The molecule has 1 amide bonds. The van der Waals surface area contributed by atoms with Crippen LogP contribution in [0.5, 0.6) is 0 Å². The second-order valence-corrected chi connectivity index (χ2v) is 4.13. The van der Waals surface area contributed by atoms with Gasteiger partial charge in [-0.1, -0.05) is 25.1 Å². The molecule has 1 heterocycles. The topological polar surface area (TPSA) is 20.3 Å². The van der Waals surface area contributed by atoms with E-state index in [1.54, 1.807) is 0 Å². The Labute approximate surface area is 90.9 Å². The van der Waals surface area contributed by atoms with Crippen molar-refractivity contribution >= 4 is 11.6 Å². The minimum atomic E-state index is 0.231. The van der Waals surface area contributed by atoms with Crippen LogP contribution in [0.25, 0.3) is 0 Å². The summed E-state index contributed by atoms with van der Waals surface area (Å²) in [5.74, 6) is 0.231. The van der Waals surface area contributed by atoms with Crippen molar-refractivity contribution in [3.63, 3.8) is 0 Å². The third-order valence-corrected chi connectivity index (χ3v) is 3.09. The summed E-state index contributed by atoms with van der Waals surface area (Å²) in [4.78, 5) is 13.8. The fraction of sp³-hybridized carbons (Fsp3) is 0.462. The lowest BCUT2D eigenvalue weighted by Crippen LogP contribution is -2.41. The average molecular weight is 203 g/mol. The third kappa shape index (κ3) is 1.76. The van der Waals surface area contributed by atoms with Crippen LogP contribution in [-0.2, 0) is 11.2 Å². The minimum absolute atomic E-state index is 0.231. The highest BCUT2D eigenvalue weighted by atomic mass is 16.2. The molecule has 0 saturated carbocycles. The molecule has 1 aromatic carbocycles. The van der Waals surface area contributed by atoms with Crippen LogP contribution in [0.3, 0.4) is 0 Å². The lowest BCUT2D eigenvalue weighted by Gasteiger charge is -2.35. The molecule has 2 heteroatoms. The third-order valence-electron chi connectivity index (χ3n) is 3.09. The lowest BCUT2D eigenvalue weighted by molar-refractivity contribution is -0.118. The van der Waals surface area contributed by atoms with Crippen LogP contribution in [0.4, 0.5) is 5.69 Å². The molecule has 2 rings (SSSR count). The van der Waals surface area contributed by atoms with Gasteiger partial charge < -0.3 is 4.90 Å². The number of para-hydroxylation sites is 1. The number of nitrogens with zero attached hydrogens (tertiary/aromatic N) is 1. The fourth-order valence-corrected chi connectivity index (χ4v) is 2.24. The van der Waals surface area contributed by atoms with Crippen LogP contribution in [0, 0.1) is 0 Å². The lowest BCUT2D eigenvalue weighted by atomic mass is 9.96. The molecule has 1 unspecified atom stereocenters. The van der Waals surface area contributed by atoms with Crippen molar-refractivity contribution in [3.05, 3.63) is 29.8 Å². The maximum Gasteiger partial charge on any atom is 0.226 e. The van der Waals surface area contributed by atoms with Crippen molar-refractivity contribution in [2.75, 3.05) is 4.90 Å². The Morgan fingerprint density at radius 1 is 1.47 bits per heavy atom. The molecular weight excluding hydrogens is 186 g/mol. The van der Waals surface area contributed by atoms with Gasteiger partial charge in [-0.05, 0) is 31.4 Å². The van der Waals surface area contributed by atoms with E-state index in [9.17, 15) is 4.79 Å². The molecule has 80 valence electrons. The van der Waals surface area contributed by atoms with Gasteiger partial charge in [-0.3, -0.25) is 4.79 Å². The van der Waals surface area contributed by atoms with Gasteiger partial charge in [-0.15, -0.1) is 0 Å². The Bertz CT molecular complexity index is 373. The largest absolute Gasteiger partial charge is 0.309 e. The molecule has 1 atom stereocenters. The summed E-state index contributed by atoms with van der Waals surface area (Å²) in [5.41, 5.74) is 2.42. The highest BCUT2D eigenvalue weighted by molar-refractivity contribution is 5.94. The number of anilines is 1. The molecular formula is C13H17NO. The van der Waals surface area contributed by atoms with Crippen molar-refractivity contribution in [2.24, 2.45) is 0 Å². The van der Waals surface area contributed by atoms with Crippen molar-refractivity contribution < 1.29 is 4.79 Å². The summed E-state index contributed by atoms with van der Waals surface area (Å²) < 4.78 is 0. The summed E-state index contributed by atoms with van der Waals surface area (Å²) in [6, 6.07) is 8.57. The molecule has 15 heavy (non-hydrogen) atoms. The Hall–Kier alpha value is -1.31. The quantitative estimate of drug-likeness (QED) is 0.687. The number of aryl methyl sites for hydroxylation is 1. The number of carbonyl (C=O) groups is 1. The highest BCUT2D eigenvalue weighted by Gasteiger charge is 2.26. The first kappa shape index (κ1) is 10.2. The first-order valence-corrected chi connectivity index (χ1v) is 5.64. The standard InChI is InChI=1S/C13H17NO/c1-3-13(15)14-10(2)8-9-11-6-4-5-7-12(11)14/h4-7,10H,3,8-9H2,1-2H3. The zero-order valence-corrected chi connectivity index (χ0v) is 9.36. The van der Waals surface area contributed by atoms with Crippen molar-refractivity contribution in [1.82, 2.24) is 0 Å². The van der Waals surface area contributed by atoms with Crippen LogP contribution >= 0.6 is 0 Å². The Kier molecular flexibility index (Phi) is 2.76. The Morgan fingerprint density at radius 2 is 2.20 bits per heavy atom. The van der Waals surface area contributed by atoms with E-state index in [0.29, 0.717) is 12.5 Å². The molecule has 1 aliphatic heterocycles. The molecule has 0 fully saturated rings.